The third-order valence-electron chi connectivity index (χ3n) is 3.15. The summed E-state index contributed by atoms with van der Waals surface area (Å²) in [6.45, 7) is 0. The normalized spacial score (nSPS) is 22.9. The second-order valence-electron chi connectivity index (χ2n) is 4.76. The van der Waals surface area contributed by atoms with E-state index in [-0.39, 0.29) is 18.2 Å². The van der Waals surface area contributed by atoms with Gasteiger partial charge < -0.3 is 15.7 Å². The number of aliphatic hydroxyl groups is 1. The summed E-state index contributed by atoms with van der Waals surface area (Å²) in [5.41, 5.74) is 0.403. The summed E-state index contributed by atoms with van der Waals surface area (Å²) in [4.78, 5) is 11.8. The lowest BCUT2D eigenvalue weighted by molar-refractivity contribution is 0.118. The van der Waals surface area contributed by atoms with Gasteiger partial charge in [-0.2, -0.15) is 0 Å². The molecule has 0 unspecified atom stereocenters. The van der Waals surface area contributed by atoms with Gasteiger partial charge in [0.1, 0.15) is 5.82 Å². The predicted octanol–water partition coefficient (Wildman–Crippen LogP) is 3.01. The number of hydrogen-bond donors (Lipinski definition) is 3. The molecule has 0 bridgehead atoms. The van der Waals surface area contributed by atoms with Crippen LogP contribution in [0.25, 0.3) is 0 Å². The van der Waals surface area contributed by atoms with Crippen molar-refractivity contribution in [2.75, 3.05) is 5.32 Å². The first-order chi connectivity index (χ1) is 9.02. The highest BCUT2D eigenvalue weighted by atomic mass is 79.9. The van der Waals surface area contributed by atoms with Crippen LogP contribution in [0.4, 0.5) is 14.9 Å². The fraction of sp³-hybridized carbons (Fsp3) is 0.462. The van der Waals surface area contributed by atoms with Gasteiger partial charge in [0.25, 0.3) is 0 Å². The van der Waals surface area contributed by atoms with Gasteiger partial charge in [0.2, 0.25) is 0 Å². The van der Waals surface area contributed by atoms with Gasteiger partial charge in [-0.15, -0.1) is 0 Å². The van der Waals surface area contributed by atoms with E-state index in [0.717, 1.165) is 12.8 Å². The summed E-state index contributed by atoms with van der Waals surface area (Å²) >= 11 is 3.17. The Hall–Kier alpha value is -1.14. The Morgan fingerprint density at radius 3 is 2.58 bits per heavy atom. The quantitative estimate of drug-likeness (QED) is 0.780. The molecule has 0 aliphatic heterocycles. The molecule has 4 nitrogen and oxygen atoms in total. The molecule has 3 N–H and O–H groups in total. The summed E-state index contributed by atoms with van der Waals surface area (Å²) in [6, 6.07) is 3.94. The molecular weight excluding hydrogens is 315 g/mol. The molecular formula is C13H16BrFN2O2. The van der Waals surface area contributed by atoms with Crippen LogP contribution in [0.2, 0.25) is 0 Å². The van der Waals surface area contributed by atoms with E-state index in [1.807, 2.05) is 0 Å². The number of urea groups is 1. The monoisotopic (exact) mass is 330 g/mol. The lowest BCUT2D eigenvalue weighted by atomic mass is 9.93. The van der Waals surface area contributed by atoms with Crippen LogP contribution >= 0.6 is 15.9 Å². The van der Waals surface area contributed by atoms with Gasteiger partial charge in [-0.3, -0.25) is 0 Å². The topological polar surface area (TPSA) is 61.4 Å². The van der Waals surface area contributed by atoms with Crippen molar-refractivity contribution < 1.29 is 14.3 Å². The zero-order valence-corrected chi connectivity index (χ0v) is 11.9. The van der Waals surface area contributed by atoms with Crippen molar-refractivity contribution in [3.63, 3.8) is 0 Å². The number of carbonyl (C=O) groups is 1. The molecule has 19 heavy (non-hydrogen) atoms. The van der Waals surface area contributed by atoms with Gasteiger partial charge in [-0.25, -0.2) is 9.18 Å². The lowest BCUT2D eigenvalue weighted by Gasteiger charge is -2.26. The number of benzene rings is 1. The van der Waals surface area contributed by atoms with Crippen LogP contribution in [-0.2, 0) is 0 Å². The third kappa shape index (κ3) is 4.47. The summed E-state index contributed by atoms with van der Waals surface area (Å²) in [7, 11) is 0. The van der Waals surface area contributed by atoms with Crippen LogP contribution in [0.15, 0.2) is 22.7 Å². The molecule has 1 aromatic carbocycles. The van der Waals surface area contributed by atoms with E-state index in [1.165, 1.54) is 12.1 Å². The van der Waals surface area contributed by atoms with E-state index in [1.54, 1.807) is 6.07 Å². The van der Waals surface area contributed by atoms with Crippen LogP contribution in [0.3, 0.4) is 0 Å². The van der Waals surface area contributed by atoms with E-state index in [0.29, 0.717) is 23.0 Å². The third-order valence-corrected chi connectivity index (χ3v) is 3.61. The second-order valence-corrected chi connectivity index (χ2v) is 5.68. The number of aliphatic hydroxyl groups excluding tert-OH is 1. The molecule has 0 atom stereocenters. The lowest BCUT2D eigenvalue weighted by Crippen LogP contribution is -2.40. The molecule has 104 valence electrons. The number of amides is 2. The number of anilines is 1. The van der Waals surface area contributed by atoms with Crippen LogP contribution in [0, 0.1) is 5.82 Å². The number of hydrogen-bond acceptors (Lipinski definition) is 2. The molecule has 0 radical (unpaired) electrons. The summed E-state index contributed by atoms with van der Waals surface area (Å²) in [5.74, 6) is -0.412. The van der Waals surface area contributed by atoms with Crippen molar-refractivity contribution >= 4 is 27.6 Å². The van der Waals surface area contributed by atoms with Crippen molar-refractivity contribution in [2.45, 2.75) is 37.8 Å². The molecule has 2 amide bonds. The highest BCUT2D eigenvalue weighted by Gasteiger charge is 2.20. The summed E-state index contributed by atoms with van der Waals surface area (Å²) in [5, 5.41) is 14.8. The molecule has 1 saturated carbocycles. The molecule has 0 aromatic heterocycles. The van der Waals surface area contributed by atoms with Gasteiger partial charge in [0.15, 0.2) is 0 Å². The minimum Gasteiger partial charge on any atom is -0.393 e. The Balaban J connectivity index is 1.87. The molecule has 1 aromatic rings. The van der Waals surface area contributed by atoms with Crippen LogP contribution in [0.1, 0.15) is 25.7 Å². The smallest absolute Gasteiger partial charge is 0.319 e. The molecule has 6 heteroatoms. The van der Waals surface area contributed by atoms with Gasteiger partial charge in [0.05, 0.1) is 6.10 Å². The first-order valence-corrected chi connectivity index (χ1v) is 7.04. The molecule has 2 rings (SSSR count). The van der Waals surface area contributed by atoms with Crippen LogP contribution in [-0.4, -0.2) is 23.3 Å². The SMILES string of the molecule is O=C(Nc1cc(F)cc(Br)c1)NC1CCC(O)CC1. The Morgan fingerprint density at radius 2 is 1.95 bits per heavy atom. The Kier molecular flexibility index (Phi) is 4.76. The Labute approximate surface area is 119 Å². The van der Waals surface area contributed by atoms with Crippen LogP contribution < -0.4 is 10.6 Å². The first-order valence-electron chi connectivity index (χ1n) is 6.24. The Morgan fingerprint density at radius 1 is 1.26 bits per heavy atom. The maximum absolute atomic E-state index is 13.2. The number of halogens is 2. The molecule has 0 spiro atoms. The van der Waals surface area contributed by atoms with Crippen molar-refractivity contribution in [2.24, 2.45) is 0 Å². The van der Waals surface area contributed by atoms with E-state index < -0.39 is 5.82 Å². The maximum atomic E-state index is 13.2. The minimum atomic E-state index is -0.412. The van der Waals surface area contributed by atoms with Crippen molar-refractivity contribution in [1.82, 2.24) is 5.32 Å². The van der Waals surface area contributed by atoms with Gasteiger partial charge in [-0.05, 0) is 43.9 Å². The zero-order valence-electron chi connectivity index (χ0n) is 10.3. The fourth-order valence-corrected chi connectivity index (χ4v) is 2.66. The standard InChI is InChI=1S/C13H16BrFN2O2/c14-8-5-9(15)7-11(6-8)17-13(19)16-10-1-3-12(18)4-2-10/h5-7,10,12,18H,1-4H2,(H2,16,17,19). The van der Waals surface area contributed by atoms with E-state index in [2.05, 4.69) is 26.6 Å². The fourth-order valence-electron chi connectivity index (χ4n) is 2.20. The molecule has 1 fully saturated rings. The van der Waals surface area contributed by atoms with Gasteiger partial charge in [-0.1, -0.05) is 15.9 Å². The highest BCUT2D eigenvalue weighted by molar-refractivity contribution is 9.10. The van der Waals surface area contributed by atoms with Crippen molar-refractivity contribution in [3.8, 4) is 0 Å². The van der Waals surface area contributed by atoms with Crippen molar-refractivity contribution in [1.29, 1.82) is 0 Å². The molecule has 0 heterocycles. The number of rotatable bonds is 2. The largest absolute Gasteiger partial charge is 0.393 e. The second kappa shape index (κ2) is 6.34. The van der Waals surface area contributed by atoms with Crippen LogP contribution in [0.5, 0.6) is 0 Å². The van der Waals surface area contributed by atoms with Gasteiger partial charge >= 0.3 is 6.03 Å². The average Bonchev–Trinajstić information content (AvgIpc) is 2.30. The zero-order chi connectivity index (χ0) is 13.8. The minimum absolute atomic E-state index is 0.0698. The Bertz CT molecular complexity index is 442. The van der Waals surface area contributed by atoms with Crippen molar-refractivity contribution in [3.05, 3.63) is 28.5 Å². The maximum Gasteiger partial charge on any atom is 0.319 e. The predicted molar refractivity (Wildman–Crippen MR) is 74.5 cm³/mol. The first kappa shape index (κ1) is 14.3. The van der Waals surface area contributed by atoms with E-state index in [4.69, 9.17) is 0 Å². The molecule has 1 aliphatic carbocycles. The number of nitrogens with one attached hydrogen (secondary N) is 2. The number of carbonyl (C=O) groups excluding carboxylic acids is 1. The molecule has 0 saturated heterocycles. The summed E-state index contributed by atoms with van der Waals surface area (Å²) < 4.78 is 13.7. The van der Waals surface area contributed by atoms with E-state index in [9.17, 15) is 14.3 Å². The molecule has 1 aliphatic rings. The van der Waals surface area contributed by atoms with E-state index >= 15 is 0 Å². The van der Waals surface area contributed by atoms with Gasteiger partial charge in [0, 0.05) is 16.2 Å². The summed E-state index contributed by atoms with van der Waals surface area (Å²) in [6.07, 6.45) is 2.69. The average molecular weight is 331 g/mol. The highest BCUT2D eigenvalue weighted by Crippen LogP contribution is 2.20.